The molecule has 1 amide bonds. The lowest BCUT2D eigenvalue weighted by Crippen LogP contribution is -2.25. The fourth-order valence-electron chi connectivity index (χ4n) is 4.20. The molecule has 2 aliphatic rings. The van der Waals surface area contributed by atoms with Crippen LogP contribution in [-0.4, -0.2) is 57.9 Å². The lowest BCUT2D eigenvalue weighted by molar-refractivity contribution is -0.121. The predicted molar refractivity (Wildman–Crippen MR) is 109 cm³/mol. The van der Waals surface area contributed by atoms with Crippen LogP contribution in [0.1, 0.15) is 50.6 Å². The fraction of sp³-hybridized carbons (Fsp3) is 0.800. The van der Waals surface area contributed by atoms with E-state index in [1.54, 1.807) is 7.11 Å². The minimum atomic E-state index is 0.132. The van der Waals surface area contributed by atoms with Crippen molar-refractivity contribution in [2.24, 2.45) is 11.8 Å². The summed E-state index contributed by atoms with van der Waals surface area (Å²) in [5.41, 5.74) is 0.930. The van der Waals surface area contributed by atoms with Crippen LogP contribution in [0.15, 0.2) is 6.20 Å². The Hall–Kier alpha value is -1.41. The number of aromatic nitrogens is 3. The molecule has 3 rings (SSSR count). The molecule has 1 unspecified atom stereocenters. The van der Waals surface area contributed by atoms with Gasteiger partial charge in [0.15, 0.2) is 0 Å². The molecule has 0 aromatic carbocycles. The number of nitrogens with one attached hydrogen (secondary N) is 1. The molecular weight excluding hydrogens is 376 g/mol. The van der Waals surface area contributed by atoms with E-state index < -0.39 is 0 Å². The average molecular weight is 409 g/mol. The number of hydrogen-bond acceptors (Lipinski definition) is 6. The van der Waals surface area contributed by atoms with E-state index in [0.717, 1.165) is 62.9 Å². The Balaban J connectivity index is 1.20. The van der Waals surface area contributed by atoms with Gasteiger partial charge in [0.25, 0.3) is 0 Å². The van der Waals surface area contributed by atoms with Crippen molar-refractivity contribution in [3.63, 3.8) is 0 Å². The van der Waals surface area contributed by atoms with Crippen LogP contribution in [-0.2, 0) is 27.3 Å². The Morgan fingerprint density at radius 3 is 3.11 bits per heavy atom. The molecule has 156 valence electrons. The van der Waals surface area contributed by atoms with Gasteiger partial charge >= 0.3 is 0 Å². The number of nitrogens with zero attached hydrogens (tertiary/aromatic N) is 3. The third-order valence-corrected chi connectivity index (χ3v) is 7.37. The summed E-state index contributed by atoms with van der Waals surface area (Å²) in [6.07, 6.45) is 8.89. The number of ketones is 1. The van der Waals surface area contributed by atoms with Gasteiger partial charge in [-0.2, -0.15) is 11.8 Å². The maximum absolute atomic E-state index is 12.0. The van der Waals surface area contributed by atoms with Gasteiger partial charge in [-0.25, -0.2) is 0 Å². The number of amides is 1. The van der Waals surface area contributed by atoms with Gasteiger partial charge in [-0.1, -0.05) is 11.6 Å². The van der Waals surface area contributed by atoms with E-state index >= 15 is 0 Å². The molecule has 7 nitrogen and oxygen atoms in total. The summed E-state index contributed by atoms with van der Waals surface area (Å²) in [6, 6.07) is 0. The second-order valence-electron chi connectivity index (χ2n) is 7.91. The summed E-state index contributed by atoms with van der Waals surface area (Å²) < 4.78 is 6.85. The topological polar surface area (TPSA) is 86.1 Å². The number of methoxy groups -OCH3 is 1. The molecule has 28 heavy (non-hydrogen) atoms. The Labute approximate surface area is 171 Å². The van der Waals surface area contributed by atoms with E-state index in [-0.39, 0.29) is 5.91 Å². The average Bonchev–Trinajstić information content (AvgIpc) is 3.37. The number of unbranched alkanes of at least 4 members (excludes halogenated alkanes) is 1. The van der Waals surface area contributed by atoms with Crippen molar-refractivity contribution < 1.29 is 14.3 Å². The van der Waals surface area contributed by atoms with Crippen LogP contribution in [0.4, 0.5) is 0 Å². The van der Waals surface area contributed by atoms with Crippen LogP contribution in [0.3, 0.4) is 0 Å². The predicted octanol–water partition coefficient (Wildman–Crippen LogP) is 2.24. The third-order valence-electron chi connectivity index (χ3n) is 5.74. The molecule has 1 aromatic rings. The largest absolute Gasteiger partial charge is 0.384 e. The summed E-state index contributed by atoms with van der Waals surface area (Å²) in [6.45, 7) is 2.06. The summed E-state index contributed by atoms with van der Waals surface area (Å²) in [4.78, 5) is 23.6. The standard InChI is InChI=1S/C20H32N4O3S/c1-27-10-7-16-13-24(23-22-16)9-4-8-21-20(26)6-3-2-5-19-18-12-17(25)11-15(18)14-28-19/h13,15,18-19H,2-12,14H2,1H3,(H,21,26)/t15-,18-,19?/m1/s1. The molecule has 3 atom stereocenters. The molecular formula is C20H32N4O3S. The van der Waals surface area contributed by atoms with Gasteiger partial charge in [0.1, 0.15) is 5.78 Å². The fourth-order valence-corrected chi connectivity index (χ4v) is 5.96. The van der Waals surface area contributed by atoms with Gasteiger partial charge in [0.05, 0.1) is 12.3 Å². The van der Waals surface area contributed by atoms with Gasteiger partial charge in [-0.3, -0.25) is 14.3 Å². The molecule has 1 saturated heterocycles. The number of aryl methyl sites for hydroxylation is 1. The third kappa shape index (κ3) is 6.30. The van der Waals surface area contributed by atoms with E-state index in [9.17, 15) is 9.59 Å². The zero-order valence-corrected chi connectivity index (χ0v) is 17.6. The Kier molecular flexibility index (Phi) is 8.33. The zero-order chi connectivity index (χ0) is 19.8. The van der Waals surface area contributed by atoms with Crippen LogP contribution >= 0.6 is 11.8 Å². The normalized spacial score (nSPS) is 23.9. The van der Waals surface area contributed by atoms with E-state index in [1.807, 2.05) is 22.6 Å². The maximum Gasteiger partial charge on any atom is 0.219 e. The van der Waals surface area contributed by atoms with Crippen LogP contribution in [0.2, 0.25) is 0 Å². The highest BCUT2D eigenvalue weighted by Gasteiger charge is 2.42. The van der Waals surface area contributed by atoms with Crippen LogP contribution < -0.4 is 5.32 Å². The van der Waals surface area contributed by atoms with Crippen LogP contribution in [0, 0.1) is 11.8 Å². The minimum absolute atomic E-state index is 0.132. The van der Waals surface area contributed by atoms with Crippen molar-refractivity contribution in [2.45, 2.75) is 63.2 Å². The van der Waals surface area contributed by atoms with Gasteiger partial charge in [0, 0.05) is 57.3 Å². The molecule has 0 bridgehead atoms. The van der Waals surface area contributed by atoms with E-state index in [1.165, 1.54) is 0 Å². The lowest BCUT2D eigenvalue weighted by Gasteiger charge is -2.16. The van der Waals surface area contributed by atoms with Crippen molar-refractivity contribution in [1.29, 1.82) is 0 Å². The molecule has 0 spiro atoms. The summed E-state index contributed by atoms with van der Waals surface area (Å²) >= 11 is 2.04. The van der Waals surface area contributed by atoms with Gasteiger partial charge in [-0.05, 0) is 36.9 Å². The molecule has 1 N–H and O–H groups in total. The van der Waals surface area contributed by atoms with Crippen molar-refractivity contribution in [3.8, 4) is 0 Å². The number of Topliss-reactive ketones (excluding diaryl/α,β-unsaturated/α-hetero) is 1. The summed E-state index contributed by atoms with van der Waals surface area (Å²) in [7, 11) is 1.67. The Morgan fingerprint density at radius 1 is 1.36 bits per heavy atom. The second-order valence-corrected chi connectivity index (χ2v) is 9.18. The number of ether oxygens (including phenoxy) is 1. The van der Waals surface area contributed by atoms with Crippen LogP contribution in [0.5, 0.6) is 0 Å². The van der Waals surface area contributed by atoms with Crippen molar-refractivity contribution in [2.75, 3.05) is 26.0 Å². The number of carbonyl (C=O) groups excluding carboxylic acids is 2. The molecule has 1 aromatic heterocycles. The number of hydrogen-bond donors (Lipinski definition) is 1. The van der Waals surface area contributed by atoms with E-state index in [0.29, 0.717) is 42.4 Å². The first-order valence-electron chi connectivity index (χ1n) is 10.4. The van der Waals surface area contributed by atoms with Gasteiger partial charge in [-0.15, -0.1) is 5.10 Å². The van der Waals surface area contributed by atoms with Crippen molar-refractivity contribution in [3.05, 3.63) is 11.9 Å². The minimum Gasteiger partial charge on any atom is -0.384 e. The zero-order valence-electron chi connectivity index (χ0n) is 16.8. The molecule has 2 fully saturated rings. The molecule has 0 radical (unpaired) electrons. The SMILES string of the molecule is COCCc1cn(CCCNC(=O)CCCCC2SC[C@H]3CC(=O)C[C@@H]23)nn1. The van der Waals surface area contributed by atoms with Gasteiger partial charge < -0.3 is 10.1 Å². The Morgan fingerprint density at radius 2 is 2.25 bits per heavy atom. The highest BCUT2D eigenvalue weighted by molar-refractivity contribution is 8.00. The lowest BCUT2D eigenvalue weighted by atomic mass is 9.92. The van der Waals surface area contributed by atoms with Crippen LogP contribution in [0.25, 0.3) is 0 Å². The monoisotopic (exact) mass is 408 g/mol. The number of rotatable bonds is 12. The molecule has 1 aliphatic heterocycles. The number of carbonyl (C=O) groups is 2. The van der Waals surface area contributed by atoms with E-state index in [2.05, 4.69) is 15.6 Å². The smallest absolute Gasteiger partial charge is 0.219 e. The van der Waals surface area contributed by atoms with Gasteiger partial charge in [0.2, 0.25) is 5.91 Å². The molecule has 1 aliphatic carbocycles. The second kappa shape index (κ2) is 11.0. The highest BCUT2D eigenvalue weighted by Crippen LogP contribution is 2.47. The highest BCUT2D eigenvalue weighted by atomic mass is 32.2. The maximum atomic E-state index is 12.0. The Bertz CT molecular complexity index is 651. The first-order chi connectivity index (χ1) is 13.7. The first-order valence-corrected chi connectivity index (χ1v) is 11.5. The number of thioether (sulfide) groups is 1. The molecule has 2 heterocycles. The quantitative estimate of drug-likeness (QED) is 0.534. The van der Waals surface area contributed by atoms with Crippen molar-refractivity contribution in [1.82, 2.24) is 20.3 Å². The number of fused-ring (bicyclic) bond motifs is 1. The molecule has 1 saturated carbocycles. The first kappa shape index (κ1) is 21.3. The van der Waals surface area contributed by atoms with Crippen molar-refractivity contribution >= 4 is 23.5 Å². The van der Waals surface area contributed by atoms with E-state index in [4.69, 9.17) is 4.74 Å². The summed E-state index contributed by atoms with van der Waals surface area (Å²) in [5.74, 6) is 2.98. The molecule has 8 heteroatoms. The summed E-state index contributed by atoms with van der Waals surface area (Å²) in [5, 5.41) is 11.8.